The van der Waals surface area contributed by atoms with Crippen molar-refractivity contribution < 1.29 is 24.6 Å². The van der Waals surface area contributed by atoms with Gasteiger partial charge in [-0.15, -0.1) is 11.8 Å². The summed E-state index contributed by atoms with van der Waals surface area (Å²) in [5.41, 5.74) is 3.03. The van der Waals surface area contributed by atoms with Crippen LogP contribution in [0, 0.1) is 41.4 Å². The third kappa shape index (κ3) is 12.5. The lowest BCUT2D eigenvalue weighted by Gasteiger charge is -2.37. The van der Waals surface area contributed by atoms with E-state index in [0.717, 1.165) is 64.5 Å². The molecule has 3 saturated carbocycles. The second kappa shape index (κ2) is 20.3. The molecule has 0 aromatic rings. The normalized spacial score (nSPS) is 26.8. The highest BCUT2D eigenvalue weighted by molar-refractivity contribution is 5.83. The van der Waals surface area contributed by atoms with Crippen LogP contribution >= 0.6 is 0 Å². The molecule has 0 bridgehead atoms. The van der Waals surface area contributed by atoms with Gasteiger partial charge in [0.05, 0.1) is 18.2 Å². The Labute approximate surface area is 279 Å². The lowest BCUT2D eigenvalue weighted by Crippen LogP contribution is -2.54. The second-order valence-electron chi connectivity index (χ2n) is 14.4. The molecule has 0 radical (unpaired) electrons. The number of hydrazine groups is 1. The van der Waals surface area contributed by atoms with E-state index in [1.54, 1.807) is 5.01 Å². The van der Waals surface area contributed by atoms with Crippen LogP contribution in [0.15, 0.2) is 0 Å². The maximum atomic E-state index is 14.0. The van der Waals surface area contributed by atoms with Crippen LogP contribution in [-0.4, -0.2) is 82.3 Å². The average molecular weight is 645 g/mol. The fourth-order valence-electron chi connectivity index (χ4n) is 8.02. The van der Waals surface area contributed by atoms with Crippen LogP contribution in [0.5, 0.6) is 0 Å². The first-order valence-electron chi connectivity index (χ1n) is 18.6. The first kappa shape index (κ1) is 38.3. The maximum absolute atomic E-state index is 14.0. The van der Waals surface area contributed by atoms with Crippen molar-refractivity contribution in [1.29, 1.82) is 0 Å². The van der Waals surface area contributed by atoms with E-state index in [0.29, 0.717) is 44.6 Å². The molecular formula is C37H64N4O5. The third-order valence-corrected chi connectivity index (χ3v) is 10.5. The predicted octanol–water partition coefficient (Wildman–Crippen LogP) is 4.80. The SMILES string of the molecule is CC#CC1CC(C(=O)NC(CC2CCC(O)CC2)C(O)CN(CC)NC(=O)CC2CCCCC2)CC(C(=O)N(CCC)CCC)C1. The van der Waals surface area contributed by atoms with Gasteiger partial charge in [-0.1, -0.05) is 40.0 Å². The lowest BCUT2D eigenvalue weighted by molar-refractivity contribution is -0.139. The topological polar surface area (TPSA) is 122 Å². The Kier molecular flexibility index (Phi) is 16.9. The summed E-state index contributed by atoms with van der Waals surface area (Å²) >= 11 is 0. The van der Waals surface area contributed by atoms with Crippen molar-refractivity contribution in [2.24, 2.45) is 29.6 Å². The van der Waals surface area contributed by atoms with E-state index >= 15 is 0 Å². The zero-order valence-corrected chi connectivity index (χ0v) is 29.3. The molecule has 0 saturated heterocycles. The Balaban J connectivity index is 1.71. The van der Waals surface area contributed by atoms with E-state index in [1.165, 1.54) is 19.3 Å². The number of hydrogen-bond acceptors (Lipinski definition) is 6. The largest absolute Gasteiger partial charge is 0.393 e. The van der Waals surface area contributed by atoms with Gasteiger partial charge in [-0.05, 0) is 95.8 Å². The fraction of sp³-hybridized carbons (Fsp3) is 0.865. The molecule has 5 atom stereocenters. The van der Waals surface area contributed by atoms with Gasteiger partial charge in [0, 0.05) is 50.4 Å². The van der Waals surface area contributed by atoms with Crippen LogP contribution in [0.3, 0.4) is 0 Å². The van der Waals surface area contributed by atoms with E-state index in [-0.39, 0.29) is 54.0 Å². The molecule has 0 aromatic carbocycles. The van der Waals surface area contributed by atoms with Gasteiger partial charge in [-0.2, -0.15) is 0 Å². The van der Waals surface area contributed by atoms with Gasteiger partial charge in [-0.25, -0.2) is 5.01 Å². The summed E-state index contributed by atoms with van der Waals surface area (Å²) in [4.78, 5) is 42.5. The predicted molar refractivity (Wildman–Crippen MR) is 182 cm³/mol. The minimum atomic E-state index is -0.886. The molecule has 3 rings (SSSR count). The van der Waals surface area contributed by atoms with Crippen molar-refractivity contribution in [2.75, 3.05) is 26.2 Å². The smallest absolute Gasteiger partial charge is 0.234 e. The van der Waals surface area contributed by atoms with Crippen molar-refractivity contribution >= 4 is 17.7 Å². The van der Waals surface area contributed by atoms with Crippen LogP contribution in [0.1, 0.15) is 130 Å². The van der Waals surface area contributed by atoms with Gasteiger partial charge in [0.15, 0.2) is 0 Å². The van der Waals surface area contributed by atoms with Crippen molar-refractivity contribution in [3.05, 3.63) is 0 Å². The van der Waals surface area contributed by atoms with E-state index < -0.39 is 12.1 Å². The molecule has 0 spiro atoms. The summed E-state index contributed by atoms with van der Waals surface area (Å²) < 4.78 is 0. The molecule has 46 heavy (non-hydrogen) atoms. The minimum absolute atomic E-state index is 0.0102. The molecular weight excluding hydrogens is 580 g/mol. The van der Waals surface area contributed by atoms with E-state index in [2.05, 4.69) is 36.4 Å². The number of rotatable bonds is 16. The van der Waals surface area contributed by atoms with Crippen LogP contribution in [-0.2, 0) is 14.4 Å². The van der Waals surface area contributed by atoms with Crippen molar-refractivity contribution in [3.8, 4) is 11.8 Å². The Morgan fingerprint density at radius 1 is 0.870 bits per heavy atom. The third-order valence-electron chi connectivity index (χ3n) is 10.5. The maximum Gasteiger partial charge on any atom is 0.234 e. The molecule has 3 fully saturated rings. The van der Waals surface area contributed by atoms with Crippen molar-refractivity contribution in [3.63, 3.8) is 0 Å². The van der Waals surface area contributed by atoms with Gasteiger partial charge in [0.1, 0.15) is 0 Å². The molecule has 4 N–H and O–H groups in total. The first-order valence-corrected chi connectivity index (χ1v) is 18.6. The van der Waals surface area contributed by atoms with Crippen molar-refractivity contribution in [1.82, 2.24) is 20.7 Å². The standard InChI is InChI=1S/C37H64N4O5/c1-5-12-29-21-30(25-31(22-29)37(46)40(19-6-2)20-7-3)36(45)38-33(23-28-15-17-32(42)18-16-28)34(43)26-41(8-4)39-35(44)24-27-13-10-9-11-14-27/h27-34,42-43H,6-11,13-26H2,1-4H3,(H,38,45)(H,39,44). The molecule has 0 heterocycles. The summed E-state index contributed by atoms with van der Waals surface area (Å²) in [5, 5.41) is 26.7. The summed E-state index contributed by atoms with van der Waals surface area (Å²) in [7, 11) is 0. The van der Waals surface area contributed by atoms with Crippen LogP contribution in [0.2, 0.25) is 0 Å². The molecule has 3 amide bonds. The number of nitrogens with one attached hydrogen (secondary N) is 2. The van der Waals surface area contributed by atoms with Gasteiger partial charge in [0.2, 0.25) is 17.7 Å². The number of carbonyl (C=O) groups excluding carboxylic acids is 3. The van der Waals surface area contributed by atoms with Crippen LogP contribution < -0.4 is 10.7 Å². The van der Waals surface area contributed by atoms with E-state index in [1.807, 2.05) is 18.7 Å². The molecule has 0 aromatic heterocycles. The van der Waals surface area contributed by atoms with E-state index in [9.17, 15) is 24.6 Å². The Morgan fingerprint density at radius 2 is 1.52 bits per heavy atom. The fourth-order valence-corrected chi connectivity index (χ4v) is 8.02. The molecule has 262 valence electrons. The highest BCUT2D eigenvalue weighted by atomic mass is 16.3. The summed E-state index contributed by atoms with van der Waals surface area (Å²) in [5.74, 6) is 6.36. The summed E-state index contributed by atoms with van der Waals surface area (Å²) in [6.07, 6.45) is 12.5. The summed E-state index contributed by atoms with van der Waals surface area (Å²) in [6.45, 7) is 10.1. The minimum Gasteiger partial charge on any atom is -0.393 e. The number of amides is 3. The Morgan fingerprint density at radius 3 is 2.13 bits per heavy atom. The van der Waals surface area contributed by atoms with Gasteiger partial charge in [0.25, 0.3) is 0 Å². The Bertz CT molecular complexity index is 991. The van der Waals surface area contributed by atoms with Gasteiger partial charge >= 0.3 is 0 Å². The van der Waals surface area contributed by atoms with Crippen LogP contribution in [0.4, 0.5) is 0 Å². The highest BCUT2D eigenvalue weighted by Crippen LogP contribution is 2.35. The van der Waals surface area contributed by atoms with Crippen molar-refractivity contribution in [2.45, 2.75) is 149 Å². The summed E-state index contributed by atoms with van der Waals surface area (Å²) in [6, 6.07) is -0.500. The molecule has 3 aliphatic carbocycles. The molecule has 9 heteroatoms. The number of aliphatic hydroxyl groups is 2. The molecule has 0 aliphatic heterocycles. The number of hydrogen-bond donors (Lipinski definition) is 4. The van der Waals surface area contributed by atoms with Gasteiger partial charge in [-0.3, -0.25) is 19.8 Å². The highest BCUT2D eigenvalue weighted by Gasteiger charge is 2.39. The number of likely N-dealkylation sites (N-methyl/N-ethyl adjacent to an activating group) is 1. The lowest BCUT2D eigenvalue weighted by atomic mass is 9.74. The zero-order chi connectivity index (χ0) is 33.5. The number of aliphatic hydroxyl groups excluding tert-OH is 2. The van der Waals surface area contributed by atoms with E-state index in [4.69, 9.17) is 0 Å². The number of carbonyl (C=O) groups is 3. The first-order chi connectivity index (χ1) is 22.2. The van der Waals surface area contributed by atoms with Gasteiger partial charge < -0.3 is 20.4 Å². The Hall–Kier alpha value is -2.15. The number of nitrogens with zero attached hydrogens (tertiary/aromatic N) is 2. The monoisotopic (exact) mass is 644 g/mol. The average Bonchev–Trinajstić information content (AvgIpc) is 3.05. The van der Waals surface area contributed by atoms with Crippen LogP contribution in [0.25, 0.3) is 0 Å². The molecule has 9 nitrogen and oxygen atoms in total. The molecule has 5 unspecified atom stereocenters. The molecule has 3 aliphatic rings. The second-order valence-corrected chi connectivity index (χ2v) is 14.4. The quantitative estimate of drug-likeness (QED) is 0.142. The zero-order valence-electron chi connectivity index (χ0n) is 29.3.